The Balaban J connectivity index is 1.93. The van der Waals surface area contributed by atoms with Crippen LogP contribution in [0, 0.1) is 0 Å². The predicted molar refractivity (Wildman–Crippen MR) is 74.9 cm³/mol. The summed E-state index contributed by atoms with van der Waals surface area (Å²) in [5.74, 6) is 0.0857. The van der Waals surface area contributed by atoms with Crippen LogP contribution in [0.25, 0.3) is 0 Å². The molecule has 0 aliphatic carbocycles. The number of ether oxygens (including phenoxy) is 1. The van der Waals surface area contributed by atoms with Gasteiger partial charge < -0.3 is 10.1 Å². The van der Waals surface area contributed by atoms with E-state index in [9.17, 15) is 4.79 Å². The molecule has 0 radical (unpaired) electrons. The summed E-state index contributed by atoms with van der Waals surface area (Å²) in [5, 5.41) is 3.95. The first-order valence-corrected chi connectivity index (χ1v) is 7.35. The standard InChI is InChI=1S/C14H18BrNO2/c15-11-14(6-8-18-9-7-14)16-13(17)10-12-4-2-1-3-5-12/h1-5H,6-11H2,(H,16,17). The van der Waals surface area contributed by atoms with Gasteiger partial charge in [0.15, 0.2) is 0 Å². The molecule has 0 unspecified atom stereocenters. The van der Waals surface area contributed by atoms with Crippen LogP contribution in [0.15, 0.2) is 30.3 Å². The molecule has 1 aromatic rings. The van der Waals surface area contributed by atoms with Crippen LogP contribution in [0.3, 0.4) is 0 Å². The summed E-state index contributed by atoms with van der Waals surface area (Å²) in [4.78, 5) is 12.1. The molecule has 2 rings (SSSR count). The Labute approximate surface area is 116 Å². The predicted octanol–water partition coefficient (Wildman–Crippen LogP) is 2.29. The van der Waals surface area contributed by atoms with Crippen LogP contribution in [0.2, 0.25) is 0 Å². The molecule has 1 N–H and O–H groups in total. The number of carbonyl (C=O) groups excluding carboxylic acids is 1. The zero-order valence-corrected chi connectivity index (χ0v) is 11.9. The maximum absolute atomic E-state index is 12.1. The summed E-state index contributed by atoms with van der Waals surface area (Å²) in [7, 11) is 0. The summed E-state index contributed by atoms with van der Waals surface area (Å²) in [6.45, 7) is 1.44. The van der Waals surface area contributed by atoms with E-state index in [4.69, 9.17) is 4.74 Å². The van der Waals surface area contributed by atoms with E-state index in [1.807, 2.05) is 30.3 Å². The van der Waals surface area contributed by atoms with Crippen molar-refractivity contribution >= 4 is 21.8 Å². The van der Waals surface area contributed by atoms with Gasteiger partial charge in [0.25, 0.3) is 0 Å². The topological polar surface area (TPSA) is 38.3 Å². The highest BCUT2D eigenvalue weighted by Crippen LogP contribution is 2.23. The Kier molecular flexibility index (Phi) is 4.78. The highest BCUT2D eigenvalue weighted by atomic mass is 79.9. The molecule has 1 heterocycles. The summed E-state index contributed by atoms with van der Waals surface area (Å²) < 4.78 is 5.35. The third-order valence-electron chi connectivity index (χ3n) is 3.32. The lowest BCUT2D eigenvalue weighted by Crippen LogP contribution is -2.53. The number of hydrogen-bond acceptors (Lipinski definition) is 2. The normalized spacial score (nSPS) is 18.3. The molecule has 1 aliphatic rings. The van der Waals surface area contributed by atoms with Crippen LogP contribution in [-0.4, -0.2) is 30.0 Å². The van der Waals surface area contributed by atoms with E-state index >= 15 is 0 Å². The van der Waals surface area contributed by atoms with E-state index in [1.165, 1.54) is 0 Å². The Morgan fingerprint density at radius 3 is 2.56 bits per heavy atom. The van der Waals surface area contributed by atoms with E-state index in [0.717, 1.165) is 36.9 Å². The van der Waals surface area contributed by atoms with Gasteiger partial charge in [-0.2, -0.15) is 0 Å². The quantitative estimate of drug-likeness (QED) is 0.866. The second-order valence-corrected chi connectivity index (χ2v) is 5.30. The van der Waals surface area contributed by atoms with E-state index in [2.05, 4.69) is 21.2 Å². The number of amides is 1. The van der Waals surface area contributed by atoms with Crippen LogP contribution >= 0.6 is 15.9 Å². The maximum atomic E-state index is 12.1. The maximum Gasteiger partial charge on any atom is 0.224 e. The monoisotopic (exact) mass is 311 g/mol. The number of hydrogen-bond donors (Lipinski definition) is 1. The third-order valence-corrected chi connectivity index (χ3v) is 4.39. The molecule has 1 aromatic carbocycles. The minimum absolute atomic E-state index is 0.0857. The number of rotatable bonds is 4. The first-order valence-electron chi connectivity index (χ1n) is 6.23. The lowest BCUT2D eigenvalue weighted by molar-refractivity contribution is -0.123. The van der Waals surface area contributed by atoms with E-state index in [-0.39, 0.29) is 11.4 Å². The van der Waals surface area contributed by atoms with Crippen molar-refractivity contribution in [1.29, 1.82) is 0 Å². The van der Waals surface area contributed by atoms with Crippen molar-refractivity contribution in [2.24, 2.45) is 0 Å². The number of alkyl halides is 1. The van der Waals surface area contributed by atoms with Gasteiger partial charge in [-0.1, -0.05) is 46.3 Å². The van der Waals surface area contributed by atoms with Gasteiger partial charge in [0, 0.05) is 18.5 Å². The molecule has 0 saturated carbocycles. The molecule has 0 bridgehead atoms. The van der Waals surface area contributed by atoms with Crippen LogP contribution in [-0.2, 0) is 16.0 Å². The molecule has 1 aliphatic heterocycles. The summed E-state index contributed by atoms with van der Waals surface area (Å²) >= 11 is 3.51. The fourth-order valence-electron chi connectivity index (χ4n) is 2.18. The molecular formula is C14H18BrNO2. The van der Waals surface area contributed by atoms with Crippen LogP contribution < -0.4 is 5.32 Å². The van der Waals surface area contributed by atoms with Gasteiger partial charge in [0.1, 0.15) is 0 Å². The second kappa shape index (κ2) is 6.34. The van der Waals surface area contributed by atoms with E-state index in [1.54, 1.807) is 0 Å². The largest absolute Gasteiger partial charge is 0.381 e. The molecule has 98 valence electrons. The van der Waals surface area contributed by atoms with Crippen molar-refractivity contribution in [3.63, 3.8) is 0 Å². The van der Waals surface area contributed by atoms with E-state index < -0.39 is 0 Å². The van der Waals surface area contributed by atoms with Gasteiger partial charge in [-0.15, -0.1) is 0 Å². The summed E-state index contributed by atoms with van der Waals surface area (Å²) in [5.41, 5.74) is 0.913. The van der Waals surface area contributed by atoms with Crippen molar-refractivity contribution in [2.75, 3.05) is 18.5 Å². The van der Waals surface area contributed by atoms with Gasteiger partial charge in [-0.05, 0) is 18.4 Å². The zero-order valence-electron chi connectivity index (χ0n) is 10.3. The van der Waals surface area contributed by atoms with Gasteiger partial charge in [0.2, 0.25) is 5.91 Å². The van der Waals surface area contributed by atoms with Gasteiger partial charge in [-0.25, -0.2) is 0 Å². The van der Waals surface area contributed by atoms with Crippen LogP contribution in [0.4, 0.5) is 0 Å². The molecule has 1 saturated heterocycles. The molecular weight excluding hydrogens is 294 g/mol. The fraction of sp³-hybridized carbons (Fsp3) is 0.500. The second-order valence-electron chi connectivity index (χ2n) is 4.74. The molecule has 4 heteroatoms. The molecule has 3 nitrogen and oxygen atoms in total. The minimum Gasteiger partial charge on any atom is -0.381 e. The molecule has 1 fully saturated rings. The van der Waals surface area contributed by atoms with Crippen molar-refractivity contribution < 1.29 is 9.53 Å². The first-order chi connectivity index (χ1) is 8.74. The average Bonchev–Trinajstić information content (AvgIpc) is 2.41. The Morgan fingerprint density at radius 2 is 1.94 bits per heavy atom. The van der Waals surface area contributed by atoms with Gasteiger partial charge >= 0.3 is 0 Å². The molecule has 0 spiro atoms. The zero-order chi connectivity index (χ0) is 12.8. The molecule has 0 atom stereocenters. The third kappa shape index (κ3) is 3.56. The highest BCUT2D eigenvalue weighted by Gasteiger charge is 2.32. The molecule has 0 aromatic heterocycles. The van der Waals surface area contributed by atoms with Crippen molar-refractivity contribution in [2.45, 2.75) is 24.8 Å². The highest BCUT2D eigenvalue weighted by molar-refractivity contribution is 9.09. The molecule has 18 heavy (non-hydrogen) atoms. The lowest BCUT2D eigenvalue weighted by Gasteiger charge is -2.36. The Bertz CT molecular complexity index is 388. The summed E-state index contributed by atoms with van der Waals surface area (Å²) in [6.07, 6.45) is 2.19. The number of halogens is 1. The Hall–Kier alpha value is -0.870. The Morgan fingerprint density at radius 1 is 1.28 bits per heavy atom. The van der Waals surface area contributed by atoms with Crippen molar-refractivity contribution in [3.8, 4) is 0 Å². The van der Waals surface area contributed by atoms with Crippen LogP contribution in [0.5, 0.6) is 0 Å². The van der Waals surface area contributed by atoms with Gasteiger partial charge in [0.05, 0.1) is 12.0 Å². The minimum atomic E-state index is -0.135. The number of carbonyl (C=O) groups is 1. The van der Waals surface area contributed by atoms with Crippen LogP contribution in [0.1, 0.15) is 18.4 Å². The number of nitrogens with one attached hydrogen (secondary N) is 1. The number of benzene rings is 1. The SMILES string of the molecule is O=C(Cc1ccccc1)NC1(CBr)CCOCC1. The lowest BCUT2D eigenvalue weighted by atomic mass is 9.92. The van der Waals surface area contributed by atoms with Crippen molar-refractivity contribution in [3.05, 3.63) is 35.9 Å². The smallest absolute Gasteiger partial charge is 0.224 e. The summed E-state index contributed by atoms with van der Waals surface area (Å²) in [6, 6.07) is 9.82. The average molecular weight is 312 g/mol. The van der Waals surface area contributed by atoms with Crippen molar-refractivity contribution in [1.82, 2.24) is 5.32 Å². The fourth-order valence-corrected chi connectivity index (χ4v) is 2.88. The molecule has 1 amide bonds. The van der Waals surface area contributed by atoms with Gasteiger partial charge in [-0.3, -0.25) is 4.79 Å². The van der Waals surface area contributed by atoms with E-state index in [0.29, 0.717) is 6.42 Å². The first kappa shape index (κ1) is 13.6.